The van der Waals surface area contributed by atoms with E-state index >= 15 is 0 Å². The molecule has 1 N–H and O–H groups in total. The molecule has 3 atom stereocenters. The van der Waals surface area contributed by atoms with Crippen molar-refractivity contribution in [3.8, 4) is 0 Å². The van der Waals surface area contributed by atoms with Gasteiger partial charge >= 0.3 is 0 Å². The summed E-state index contributed by atoms with van der Waals surface area (Å²) in [7, 11) is 0. The van der Waals surface area contributed by atoms with Crippen LogP contribution in [0.25, 0.3) is 0 Å². The van der Waals surface area contributed by atoms with Gasteiger partial charge in [0.05, 0.1) is 6.04 Å². The van der Waals surface area contributed by atoms with Crippen LogP contribution in [0.5, 0.6) is 0 Å². The number of carbonyl (C=O) groups excluding carboxylic acids is 1. The summed E-state index contributed by atoms with van der Waals surface area (Å²) in [5.74, 6) is 0.260. The van der Waals surface area contributed by atoms with Crippen LogP contribution in [-0.4, -0.2) is 60.0 Å². The molecule has 4 nitrogen and oxygen atoms in total. The number of nitrogens with zero attached hydrogens (tertiary/aromatic N) is 2. The molecular weight excluding hydrogens is 214 g/mol. The lowest BCUT2D eigenvalue weighted by atomic mass is 10.1. The highest BCUT2D eigenvalue weighted by Gasteiger charge is 2.31. The van der Waals surface area contributed by atoms with Crippen LogP contribution in [0.3, 0.4) is 0 Å². The van der Waals surface area contributed by atoms with Crippen LogP contribution in [0.4, 0.5) is 0 Å². The van der Waals surface area contributed by atoms with Crippen molar-refractivity contribution >= 4 is 5.91 Å². The van der Waals surface area contributed by atoms with Gasteiger partial charge in [-0.15, -0.1) is 0 Å². The number of carbonyl (C=O) groups is 1. The highest BCUT2D eigenvalue weighted by Crippen LogP contribution is 2.13. The Labute approximate surface area is 105 Å². The Morgan fingerprint density at radius 1 is 1.41 bits per heavy atom. The average molecular weight is 241 g/mol. The van der Waals surface area contributed by atoms with E-state index in [-0.39, 0.29) is 11.9 Å². The van der Waals surface area contributed by atoms with E-state index in [0.29, 0.717) is 12.1 Å². The van der Waals surface area contributed by atoms with Crippen molar-refractivity contribution in [1.29, 1.82) is 0 Å². The van der Waals surface area contributed by atoms with Gasteiger partial charge in [0.2, 0.25) is 5.91 Å². The number of likely N-dealkylation sites (N-methyl/N-ethyl adjacent to an activating group) is 1. The summed E-state index contributed by atoms with van der Waals surface area (Å²) in [6.45, 7) is 14.0. The predicted octanol–water partition coefficient (Wildman–Crippen LogP) is 0.926. The van der Waals surface area contributed by atoms with E-state index in [1.54, 1.807) is 0 Å². The van der Waals surface area contributed by atoms with Gasteiger partial charge in [-0.05, 0) is 34.6 Å². The zero-order valence-corrected chi connectivity index (χ0v) is 11.9. The minimum atomic E-state index is -0.00514. The zero-order chi connectivity index (χ0) is 13.0. The second kappa shape index (κ2) is 6.36. The van der Waals surface area contributed by atoms with Gasteiger partial charge in [0, 0.05) is 38.3 Å². The van der Waals surface area contributed by atoms with Gasteiger partial charge in [-0.2, -0.15) is 0 Å². The SMILES string of the molecule is CCN(CC)C(=O)C(C)N1CC(C)NCC1C. The second-order valence-corrected chi connectivity index (χ2v) is 5.04. The first-order valence-corrected chi connectivity index (χ1v) is 6.79. The van der Waals surface area contributed by atoms with Crippen LogP contribution in [-0.2, 0) is 4.79 Å². The van der Waals surface area contributed by atoms with Gasteiger partial charge in [-0.25, -0.2) is 0 Å². The van der Waals surface area contributed by atoms with E-state index in [2.05, 4.69) is 24.1 Å². The standard InChI is InChI=1S/C13H27N3O/c1-6-15(7-2)13(17)12(5)16-9-10(3)14-8-11(16)4/h10-12,14H,6-9H2,1-5H3. The molecule has 3 unspecified atom stereocenters. The topological polar surface area (TPSA) is 35.6 Å². The summed E-state index contributed by atoms with van der Waals surface area (Å²) < 4.78 is 0. The molecule has 0 spiro atoms. The molecule has 0 aromatic carbocycles. The monoisotopic (exact) mass is 241 g/mol. The fourth-order valence-electron chi connectivity index (χ4n) is 2.53. The smallest absolute Gasteiger partial charge is 0.239 e. The van der Waals surface area contributed by atoms with E-state index in [0.717, 1.165) is 26.2 Å². The Bertz CT molecular complexity index is 253. The van der Waals surface area contributed by atoms with Crippen LogP contribution in [0.1, 0.15) is 34.6 Å². The van der Waals surface area contributed by atoms with Crippen molar-refractivity contribution in [2.45, 2.75) is 52.7 Å². The maximum atomic E-state index is 12.3. The molecule has 1 aliphatic rings. The third kappa shape index (κ3) is 3.42. The minimum absolute atomic E-state index is 0.00514. The maximum Gasteiger partial charge on any atom is 0.239 e. The number of nitrogens with one attached hydrogen (secondary N) is 1. The van der Waals surface area contributed by atoms with Crippen molar-refractivity contribution in [3.63, 3.8) is 0 Å². The van der Waals surface area contributed by atoms with E-state index in [1.807, 2.05) is 25.7 Å². The molecule has 0 radical (unpaired) electrons. The summed E-state index contributed by atoms with van der Waals surface area (Å²) in [5, 5.41) is 3.45. The molecule has 17 heavy (non-hydrogen) atoms. The Hall–Kier alpha value is -0.610. The van der Waals surface area contributed by atoms with Gasteiger partial charge in [0.1, 0.15) is 0 Å². The summed E-state index contributed by atoms with van der Waals surface area (Å²) in [6.07, 6.45) is 0. The Kier molecular flexibility index (Phi) is 5.40. The maximum absolute atomic E-state index is 12.3. The fraction of sp³-hybridized carbons (Fsp3) is 0.923. The Morgan fingerprint density at radius 3 is 2.53 bits per heavy atom. The Morgan fingerprint density at radius 2 is 2.00 bits per heavy atom. The molecule has 0 bridgehead atoms. The molecule has 1 saturated heterocycles. The first-order chi connectivity index (χ1) is 8.01. The van der Waals surface area contributed by atoms with Crippen LogP contribution in [0, 0.1) is 0 Å². The molecule has 0 aromatic rings. The quantitative estimate of drug-likeness (QED) is 0.795. The molecule has 1 amide bonds. The number of piperazine rings is 1. The van der Waals surface area contributed by atoms with Crippen LogP contribution >= 0.6 is 0 Å². The third-order valence-corrected chi connectivity index (χ3v) is 3.74. The molecule has 0 aromatic heterocycles. The van der Waals surface area contributed by atoms with Crippen molar-refractivity contribution in [3.05, 3.63) is 0 Å². The lowest BCUT2D eigenvalue weighted by Gasteiger charge is -2.41. The highest BCUT2D eigenvalue weighted by atomic mass is 16.2. The van der Waals surface area contributed by atoms with Crippen LogP contribution in [0.2, 0.25) is 0 Å². The predicted molar refractivity (Wildman–Crippen MR) is 71.0 cm³/mol. The van der Waals surface area contributed by atoms with Crippen molar-refractivity contribution in [2.24, 2.45) is 0 Å². The van der Waals surface area contributed by atoms with Gasteiger partial charge in [-0.1, -0.05) is 0 Å². The van der Waals surface area contributed by atoms with Gasteiger partial charge in [0.15, 0.2) is 0 Å². The first kappa shape index (κ1) is 14.5. The normalized spacial score (nSPS) is 27.8. The molecule has 100 valence electrons. The molecule has 1 fully saturated rings. The summed E-state index contributed by atoms with van der Waals surface area (Å²) >= 11 is 0. The molecule has 4 heteroatoms. The third-order valence-electron chi connectivity index (χ3n) is 3.74. The van der Waals surface area contributed by atoms with Crippen molar-refractivity contribution in [2.75, 3.05) is 26.2 Å². The summed E-state index contributed by atoms with van der Waals surface area (Å²) in [5.41, 5.74) is 0. The van der Waals surface area contributed by atoms with Crippen molar-refractivity contribution < 1.29 is 4.79 Å². The lowest BCUT2D eigenvalue weighted by Crippen LogP contribution is -2.60. The van der Waals surface area contributed by atoms with Gasteiger partial charge in [0.25, 0.3) is 0 Å². The summed E-state index contributed by atoms with van der Waals surface area (Å²) in [6, 6.07) is 0.897. The largest absolute Gasteiger partial charge is 0.342 e. The number of hydrogen-bond acceptors (Lipinski definition) is 3. The number of amides is 1. The van der Waals surface area contributed by atoms with Crippen LogP contribution < -0.4 is 5.32 Å². The molecule has 0 saturated carbocycles. The van der Waals surface area contributed by atoms with E-state index in [9.17, 15) is 4.79 Å². The van der Waals surface area contributed by atoms with E-state index < -0.39 is 0 Å². The van der Waals surface area contributed by atoms with Gasteiger partial charge in [-0.3, -0.25) is 9.69 Å². The number of rotatable bonds is 4. The molecule has 1 rings (SSSR count). The van der Waals surface area contributed by atoms with Gasteiger partial charge < -0.3 is 10.2 Å². The second-order valence-electron chi connectivity index (χ2n) is 5.04. The number of hydrogen-bond donors (Lipinski definition) is 1. The zero-order valence-electron chi connectivity index (χ0n) is 11.9. The summed E-state index contributed by atoms with van der Waals surface area (Å²) in [4.78, 5) is 16.6. The van der Waals surface area contributed by atoms with Crippen molar-refractivity contribution in [1.82, 2.24) is 15.1 Å². The average Bonchev–Trinajstić information content (AvgIpc) is 2.32. The molecule has 0 aliphatic carbocycles. The minimum Gasteiger partial charge on any atom is -0.342 e. The van der Waals surface area contributed by atoms with Crippen LogP contribution in [0.15, 0.2) is 0 Å². The van der Waals surface area contributed by atoms with E-state index in [1.165, 1.54) is 0 Å². The lowest BCUT2D eigenvalue weighted by molar-refractivity contribution is -0.137. The molecule has 1 heterocycles. The molecule has 1 aliphatic heterocycles. The Balaban J connectivity index is 2.66. The highest BCUT2D eigenvalue weighted by molar-refractivity contribution is 5.81. The fourth-order valence-corrected chi connectivity index (χ4v) is 2.53. The molecular formula is C13H27N3O. The van der Waals surface area contributed by atoms with E-state index in [4.69, 9.17) is 0 Å². The first-order valence-electron chi connectivity index (χ1n) is 6.79.